The number of nitrogens with zero attached hydrogens (tertiary/aromatic N) is 2. The second-order valence-electron chi connectivity index (χ2n) is 6.34. The van der Waals surface area contributed by atoms with Gasteiger partial charge in [-0.15, -0.1) is 5.10 Å². The van der Waals surface area contributed by atoms with Crippen LogP contribution in [-0.4, -0.2) is 24.4 Å². The molecule has 1 aliphatic rings. The topological polar surface area (TPSA) is 106 Å². The third-order valence-corrected chi connectivity index (χ3v) is 5.50. The van der Waals surface area contributed by atoms with Crippen LogP contribution in [0.15, 0.2) is 58.4 Å². The van der Waals surface area contributed by atoms with Gasteiger partial charge < -0.3 is 19.9 Å². The van der Waals surface area contributed by atoms with Crippen LogP contribution in [0.25, 0.3) is 11.3 Å². The second-order valence-corrected chi connectivity index (χ2v) is 7.19. The average Bonchev–Trinajstić information content (AvgIpc) is 3.16. The highest BCUT2D eigenvalue weighted by atomic mass is 79.9. The van der Waals surface area contributed by atoms with Crippen molar-refractivity contribution in [2.24, 2.45) is 5.73 Å². The van der Waals surface area contributed by atoms with Gasteiger partial charge in [0, 0.05) is 4.47 Å². The van der Waals surface area contributed by atoms with E-state index < -0.39 is 5.92 Å². The molecule has 2 heterocycles. The van der Waals surface area contributed by atoms with E-state index >= 15 is 0 Å². The van der Waals surface area contributed by atoms with Crippen LogP contribution in [0.1, 0.15) is 17.0 Å². The van der Waals surface area contributed by atoms with E-state index in [2.05, 4.69) is 32.2 Å². The summed E-state index contributed by atoms with van der Waals surface area (Å²) in [6.07, 6.45) is 0. The van der Waals surface area contributed by atoms with Crippen LogP contribution >= 0.6 is 15.9 Å². The molecule has 1 unspecified atom stereocenters. The number of H-pyrrole nitrogens is 1. The second kappa shape index (κ2) is 7.53. The molecule has 3 N–H and O–H groups in total. The normalized spacial score (nSPS) is 15.3. The van der Waals surface area contributed by atoms with Crippen molar-refractivity contribution < 1.29 is 14.2 Å². The highest BCUT2D eigenvalue weighted by molar-refractivity contribution is 9.10. The molecule has 1 atom stereocenters. The van der Waals surface area contributed by atoms with Gasteiger partial charge in [-0.2, -0.15) is 5.26 Å². The molecule has 8 heteroatoms. The quantitative estimate of drug-likeness (QED) is 0.617. The zero-order valence-electron chi connectivity index (χ0n) is 15.7. The lowest BCUT2D eigenvalue weighted by Crippen LogP contribution is -2.21. The van der Waals surface area contributed by atoms with Gasteiger partial charge in [0.1, 0.15) is 11.6 Å². The third-order valence-electron chi connectivity index (χ3n) is 4.82. The number of nitrogens with two attached hydrogens (primary N) is 1. The maximum atomic E-state index is 9.87. The molecular formula is C21H17BrN4O3. The van der Waals surface area contributed by atoms with Crippen molar-refractivity contribution in [2.75, 3.05) is 14.2 Å². The number of hydrogen-bond acceptors (Lipinski definition) is 6. The molecule has 7 nitrogen and oxygen atoms in total. The number of benzene rings is 2. The van der Waals surface area contributed by atoms with Gasteiger partial charge >= 0.3 is 0 Å². The highest BCUT2D eigenvalue weighted by Crippen LogP contribution is 2.49. The van der Waals surface area contributed by atoms with Crippen molar-refractivity contribution in [3.63, 3.8) is 0 Å². The summed E-state index contributed by atoms with van der Waals surface area (Å²) in [7, 11) is 3.13. The molecule has 2 aromatic carbocycles. The van der Waals surface area contributed by atoms with Crippen LogP contribution in [0.5, 0.6) is 17.4 Å². The summed E-state index contributed by atoms with van der Waals surface area (Å²) in [5, 5.41) is 17.2. The van der Waals surface area contributed by atoms with E-state index in [9.17, 15) is 5.26 Å². The van der Waals surface area contributed by atoms with Gasteiger partial charge in [0.2, 0.25) is 11.8 Å². The fourth-order valence-corrected chi connectivity index (χ4v) is 4.02. The molecule has 0 radical (unpaired) electrons. The number of ether oxygens (including phenoxy) is 3. The molecule has 0 spiro atoms. The van der Waals surface area contributed by atoms with E-state index in [-0.39, 0.29) is 5.88 Å². The molecule has 146 valence electrons. The van der Waals surface area contributed by atoms with E-state index in [0.717, 1.165) is 26.9 Å². The zero-order valence-corrected chi connectivity index (χ0v) is 17.3. The number of nitriles is 1. The Bertz CT molecular complexity index is 1150. The van der Waals surface area contributed by atoms with Gasteiger partial charge in [-0.1, -0.05) is 46.3 Å². The molecule has 0 saturated carbocycles. The molecular weight excluding hydrogens is 436 g/mol. The summed E-state index contributed by atoms with van der Waals surface area (Å²) < 4.78 is 17.2. The summed E-state index contributed by atoms with van der Waals surface area (Å²) in [6, 6.07) is 15.6. The van der Waals surface area contributed by atoms with Crippen LogP contribution in [0.2, 0.25) is 0 Å². The molecule has 1 aliphatic heterocycles. The summed E-state index contributed by atoms with van der Waals surface area (Å²) >= 11 is 3.60. The minimum atomic E-state index is -0.508. The molecule has 1 aromatic heterocycles. The smallest absolute Gasteiger partial charge is 0.244 e. The van der Waals surface area contributed by atoms with Gasteiger partial charge in [0.15, 0.2) is 11.5 Å². The first kappa shape index (κ1) is 18.9. The van der Waals surface area contributed by atoms with Crippen molar-refractivity contribution in [2.45, 2.75) is 5.92 Å². The number of allylic oxidation sites excluding steroid dienone is 1. The number of methoxy groups -OCH3 is 2. The van der Waals surface area contributed by atoms with E-state index in [1.807, 2.05) is 36.4 Å². The largest absolute Gasteiger partial charge is 0.493 e. The lowest BCUT2D eigenvalue weighted by Gasteiger charge is -2.25. The number of halogens is 1. The number of aromatic nitrogens is 2. The number of fused-ring (bicyclic) bond motifs is 1. The SMILES string of the molecule is COc1cc(Br)c(C2C(C#N)=C(N)Oc3n[nH]c(-c4ccccc4)c32)cc1OC. The number of aromatic amines is 1. The van der Waals surface area contributed by atoms with Gasteiger partial charge in [-0.05, 0) is 23.3 Å². The first-order valence-electron chi connectivity index (χ1n) is 8.71. The van der Waals surface area contributed by atoms with E-state index in [0.29, 0.717) is 23.0 Å². The van der Waals surface area contributed by atoms with Crippen molar-refractivity contribution in [3.05, 3.63) is 69.5 Å². The predicted octanol–water partition coefficient (Wildman–Crippen LogP) is 4.07. The Kier molecular flexibility index (Phi) is 4.91. The van der Waals surface area contributed by atoms with Gasteiger partial charge in [-0.25, -0.2) is 0 Å². The fourth-order valence-electron chi connectivity index (χ4n) is 3.47. The molecule has 29 heavy (non-hydrogen) atoms. The third kappa shape index (κ3) is 3.09. The van der Waals surface area contributed by atoms with Gasteiger partial charge in [0.05, 0.1) is 31.4 Å². The van der Waals surface area contributed by atoms with E-state index in [4.69, 9.17) is 19.9 Å². The highest BCUT2D eigenvalue weighted by Gasteiger charge is 2.37. The van der Waals surface area contributed by atoms with Crippen molar-refractivity contribution >= 4 is 15.9 Å². The van der Waals surface area contributed by atoms with Crippen LogP contribution in [0.3, 0.4) is 0 Å². The molecule has 4 rings (SSSR count). The van der Waals surface area contributed by atoms with Crippen molar-refractivity contribution in [3.8, 4) is 34.7 Å². The minimum absolute atomic E-state index is 0.0257. The van der Waals surface area contributed by atoms with Gasteiger partial charge in [-0.3, -0.25) is 5.10 Å². The first-order valence-corrected chi connectivity index (χ1v) is 9.51. The number of hydrogen-bond donors (Lipinski definition) is 2. The Morgan fingerprint density at radius 2 is 1.86 bits per heavy atom. The lowest BCUT2D eigenvalue weighted by molar-refractivity contribution is 0.353. The number of nitrogens with one attached hydrogen (secondary N) is 1. The molecule has 0 amide bonds. The zero-order chi connectivity index (χ0) is 20.5. The molecule has 0 aliphatic carbocycles. The Labute approximate surface area is 175 Å². The maximum absolute atomic E-state index is 9.87. The first-order chi connectivity index (χ1) is 14.1. The maximum Gasteiger partial charge on any atom is 0.244 e. The predicted molar refractivity (Wildman–Crippen MR) is 111 cm³/mol. The number of rotatable bonds is 4. The summed E-state index contributed by atoms with van der Waals surface area (Å²) in [6.45, 7) is 0. The Hall–Kier alpha value is -3.44. The minimum Gasteiger partial charge on any atom is -0.493 e. The fraction of sp³-hybridized carbons (Fsp3) is 0.143. The van der Waals surface area contributed by atoms with Crippen LogP contribution < -0.4 is 19.9 Å². The monoisotopic (exact) mass is 452 g/mol. The van der Waals surface area contributed by atoms with Crippen molar-refractivity contribution in [1.29, 1.82) is 5.26 Å². The summed E-state index contributed by atoms with van der Waals surface area (Å²) in [5.74, 6) is 0.970. The standard InChI is InChI=1S/C21H17BrN4O3/c1-27-15-8-12(14(22)9-16(15)28-2)17-13(10-23)20(24)29-21-18(17)19(25-26-21)11-6-4-3-5-7-11/h3-9,17H,24H2,1-2H3,(H,25,26). The van der Waals surface area contributed by atoms with E-state index in [1.54, 1.807) is 20.3 Å². The van der Waals surface area contributed by atoms with Gasteiger partial charge in [0.25, 0.3) is 0 Å². The summed E-state index contributed by atoms with van der Waals surface area (Å²) in [4.78, 5) is 0. The average molecular weight is 453 g/mol. The lowest BCUT2D eigenvalue weighted by atomic mass is 9.83. The molecule has 3 aromatic rings. The Morgan fingerprint density at radius 3 is 2.52 bits per heavy atom. The van der Waals surface area contributed by atoms with E-state index in [1.165, 1.54) is 0 Å². The molecule has 0 fully saturated rings. The molecule has 0 bridgehead atoms. The van der Waals surface area contributed by atoms with Crippen LogP contribution in [0.4, 0.5) is 0 Å². The Morgan fingerprint density at radius 1 is 1.17 bits per heavy atom. The summed E-state index contributed by atoms with van der Waals surface area (Å²) in [5.41, 5.74) is 9.55. The van der Waals surface area contributed by atoms with Crippen LogP contribution in [-0.2, 0) is 0 Å². The Balaban J connectivity index is 1.99. The van der Waals surface area contributed by atoms with Crippen molar-refractivity contribution in [1.82, 2.24) is 10.2 Å². The molecule has 0 saturated heterocycles. The van der Waals surface area contributed by atoms with Crippen LogP contribution in [0, 0.1) is 11.3 Å².